The Morgan fingerprint density at radius 2 is 2.00 bits per heavy atom. The summed E-state index contributed by atoms with van der Waals surface area (Å²) in [6.45, 7) is 2.52. The minimum atomic E-state index is -0.309. The van der Waals surface area contributed by atoms with Gasteiger partial charge in [0.1, 0.15) is 5.69 Å². The van der Waals surface area contributed by atoms with Crippen molar-refractivity contribution in [2.45, 2.75) is 19.8 Å². The molecule has 3 rings (SSSR count). The number of hydrogen-bond acceptors (Lipinski definition) is 4. The van der Waals surface area contributed by atoms with Gasteiger partial charge in [0.2, 0.25) is 5.91 Å². The number of aromatic nitrogens is 1. The summed E-state index contributed by atoms with van der Waals surface area (Å²) in [7, 11) is 0. The van der Waals surface area contributed by atoms with Gasteiger partial charge in [-0.05, 0) is 36.8 Å². The van der Waals surface area contributed by atoms with E-state index >= 15 is 0 Å². The molecule has 7 heteroatoms. The molecule has 0 bridgehead atoms. The van der Waals surface area contributed by atoms with Crippen LogP contribution in [0.5, 0.6) is 0 Å². The lowest BCUT2D eigenvalue weighted by molar-refractivity contribution is -0.115. The molecule has 0 fully saturated rings. The normalized spacial score (nSPS) is 10.7. The number of amides is 2. The molecule has 2 amide bonds. The Balaban J connectivity index is 1.78. The lowest BCUT2D eigenvalue weighted by Gasteiger charge is -2.11. The van der Waals surface area contributed by atoms with Gasteiger partial charge < -0.3 is 15.2 Å². The quantitative estimate of drug-likeness (QED) is 0.690. The third-order valence-electron chi connectivity index (χ3n) is 3.82. The number of carbonyl (C=O) groups excluding carboxylic acids is 2. The Morgan fingerprint density at radius 3 is 2.81 bits per heavy atom. The smallest absolute Gasteiger partial charge is 0.253 e. The van der Waals surface area contributed by atoms with E-state index in [0.29, 0.717) is 34.1 Å². The minimum absolute atomic E-state index is 0.0273. The van der Waals surface area contributed by atoms with E-state index in [-0.39, 0.29) is 18.2 Å². The van der Waals surface area contributed by atoms with Crippen molar-refractivity contribution in [3.63, 3.8) is 0 Å². The van der Waals surface area contributed by atoms with Crippen LogP contribution in [-0.2, 0) is 11.2 Å². The van der Waals surface area contributed by atoms with Crippen molar-refractivity contribution in [1.82, 2.24) is 10.5 Å². The van der Waals surface area contributed by atoms with Gasteiger partial charge in [0.15, 0.2) is 5.58 Å². The second-order valence-electron chi connectivity index (χ2n) is 5.80. The molecule has 0 atom stereocenters. The Hall–Kier alpha value is -2.86. The Labute approximate surface area is 155 Å². The number of carbonyl (C=O) groups is 2. The molecule has 0 unspecified atom stereocenters. The molecule has 0 saturated heterocycles. The number of benzene rings is 2. The number of nitrogens with one attached hydrogen (secondary N) is 2. The first-order valence-electron chi connectivity index (χ1n) is 8.29. The summed E-state index contributed by atoms with van der Waals surface area (Å²) in [5, 5.41) is 10.7. The maximum atomic E-state index is 12.5. The number of halogens is 1. The highest BCUT2D eigenvalue weighted by molar-refractivity contribution is 6.31. The van der Waals surface area contributed by atoms with Gasteiger partial charge in [-0.1, -0.05) is 35.8 Å². The average molecular weight is 372 g/mol. The SMILES string of the molecule is CCCNC(=O)c1ccc(Cl)cc1NC(=O)Cc1noc2ccccc12. The second-order valence-corrected chi connectivity index (χ2v) is 6.23. The summed E-state index contributed by atoms with van der Waals surface area (Å²) in [6, 6.07) is 12.1. The van der Waals surface area contributed by atoms with Crippen LogP contribution in [-0.4, -0.2) is 23.5 Å². The molecule has 0 spiro atoms. The van der Waals surface area contributed by atoms with Gasteiger partial charge in [0.05, 0.1) is 17.7 Å². The molecule has 2 N–H and O–H groups in total. The molecule has 0 saturated carbocycles. The highest BCUT2D eigenvalue weighted by Gasteiger charge is 2.16. The predicted molar refractivity (Wildman–Crippen MR) is 100 cm³/mol. The van der Waals surface area contributed by atoms with Gasteiger partial charge in [-0.15, -0.1) is 0 Å². The zero-order valence-electron chi connectivity index (χ0n) is 14.2. The van der Waals surface area contributed by atoms with Gasteiger partial charge in [-0.3, -0.25) is 9.59 Å². The van der Waals surface area contributed by atoms with Crippen molar-refractivity contribution in [2.75, 3.05) is 11.9 Å². The van der Waals surface area contributed by atoms with Gasteiger partial charge in [-0.25, -0.2) is 0 Å². The van der Waals surface area contributed by atoms with E-state index in [1.165, 1.54) is 0 Å². The van der Waals surface area contributed by atoms with Crippen LogP contribution in [0.2, 0.25) is 5.02 Å². The molecule has 26 heavy (non-hydrogen) atoms. The average Bonchev–Trinajstić information content (AvgIpc) is 3.03. The minimum Gasteiger partial charge on any atom is -0.356 e. The van der Waals surface area contributed by atoms with E-state index in [0.717, 1.165) is 11.8 Å². The van der Waals surface area contributed by atoms with E-state index in [1.54, 1.807) is 24.3 Å². The summed E-state index contributed by atoms with van der Waals surface area (Å²) in [5.41, 5.74) is 1.89. The molecule has 2 aromatic carbocycles. The largest absolute Gasteiger partial charge is 0.356 e. The molecular weight excluding hydrogens is 354 g/mol. The van der Waals surface area contributed by atoms with E-state index in [4.69, 9.17) is 16.1 Å². The molecule has 1 heterocycles. The van der Waals surface area contributed by atoms with Crippen LogP contribution in [0.25, 0.3) is 11.0 Å². The second kappa shape index (κ2) is 8.01. The van der Waals surface area contributed by atoms with Crippen molar-refractivity contribution in [2.24, 2.45) is 0 Å². The summed E-state index contributed by atoms with van der Waals surface area (Å²) < 4.78 is 5.21. The van der Waals surface area contributed by atoms with Crippen LogP contribution in [0.3, 0.4) is 0 Å². The van der Waals surface area contributed by atoms with E-state index in [2.05, 4.69) is 15.8 Å². The van der Waals surface area contributed by atoms with Gasteiger partial charge in [0.25, 0.3) is 5.91 Å². The lowest BCUT2D eigenvalue weighted by Crippen LogP contribution is -2.26. The zero-order chi connectivity index (χ0) is 18.5. The molecule has 6 nitrogen and oxygen atoms in total. The molecule has 1 aromatic heterocycles. The monoisotopic (exact) mass is 371 g/mol. The van der Waals surface area contributed by atoms with E-state index in [9.17, 15) is 9.59 Å². The van der Waals surface area contributed by atoms with Gasteiger partial charge >= 0.3 is 0 Å². The van der Waals surface area contributed by atoms with Crippen LogP contribution in [0.1, 0.15) is 29.4 Å². The lowest BCUT2D eigenvalue weighted by atomic mass is 10.1. The number of fused-ring (bicyclic) bond motifs is 1. The third kappa shape index (κ3) is 4.03. The van der Waals surface area contributed by atoms with E-state index in [1.807, 2.05) is 25.1 Å². The summed E-state index contributed by atoms with van der Waals surface area (Å²) in [6.07, 6.45) is 0.847. The van der Waals surface area contributed by atoms with Crippen LogP contribution in [0, 0.1) is 0 Å². The molecule has 0 radical (unpaired) electrons. The molecule has 0 aliphatic carbocycles. The van der Waals surface area contributed by atoms with Gasteiger partial charge in [-0.2, -0.15) is 0 Å². The Kier molecular flexibility index (Phi) is 5.53. The molecule has 0 aliphatic rings. The van der Waals surface area contributed by atoms with Crippen molar-refractivity contribution >= 4 is 40.1 Å². The maximum absolute atomic E-state index is 12.5. The fourth-order valence-electron chi connectivity index (χ4n) is 2.56. The fourth-order valence-corrected chi connectivity index (χ4v) is 2.74. The molecule has 3 aromatic rings. The van der Waals surface area contributed by atoms with Crippen LogP contribution in [0.15, 0.2) is 47.0 Å². The van der Waals surface area contributed by atoms with Crippen molar-refractivity contribution in [1.29, 1.82) is 0 Å². The predicted octanol–water partition coefficient (Wildman–Crippen LogP) is 3.80. The maximum Gasteiger partial charge on any atom is 0.253 e. The fraction of sp³-hybridized carbons (Fsp3) is 0.211. The number of rotatable bonds is 6. The van der Waals surface area contributed by atoms with Crippen molar-refractivity contribution < 1.29 is 14.1 Å². The number of hydrogen-bond donors (Lipinski definition) is 2. The first-order chi connectivity index (χ1) is 12.6. The summed E-state index contributed by atoms with van der Waals surface area (Å²) >= 11 is 6.02. The molecule has 0 aliphatic heterocycles. The number of nitrogens with zero attached hydrogens (tertiary/aromatic N) is 1. The highest BCUT2D eigenvalue weighted by Crippen LogP contribution is 2.23. The summed E-state index contributed by atoms with van der Waals surface area (Å²) in [4.78, 5) is 24.7. The van der Waals surface area contributed by atoms with Crippen LogP contribution in [0.4, 0.5) is 5.69 Å². The first-order valence-corrected chi connectivity index (χ1v) is 8.67. The van der Waals surface area contributed by atoms with Crippen molar-refractivity contribution in [3.8, 4) is 0 Å². The topological polar surface area (TPSA) is 84.2 Å². The van der Waals surface area contributed by atoms with Crippen LogP contribution < -0.4 is 10.6 Å². The van der Waals surface area contributed by atoms with Crippen molar-refractivity contribution in [3.05, 3.63) is 58.7 Å². The summed E-state index contributed by atoms with van der Waals surface area (Å²) in [5.74, 6) is -0.568. The highest BCUT2D eigenvalue weighted by atomic mass is 35.5. The van der Waals surface area contributed by atoms with Crippen LogP contribution >= 0.6 is 11.6 Å². The van der Waals surface area contributed by atoms with Gasteiger partial charge in [0, 0.05) is 17.0 Å². The van der Waals surface area contributed by atoms with E-state index < -0.39 is 0 Å². The standard InChI is InChI=1S/C19H18ClN3O3/c1-2-9-21-19(25)14-8-7-12(20)10-15(14)22-18(24)11-16-13-5-3-4-6-17(13)26-23-16/h3-8,10H,2,9,11H2,1H3,(H,21,25)(H,22,24). The number of para-hydroxylation sites is 1. The Bertz CT molecular complexity index is 952. The molecular formula is C19H18ClN3O3. The first kappa shape index (κ1) is 17.9. The Morgan fingerprint density at radius 1 is 1.19 bits per heavy atom. The number of anilines is 1. The molecule has 134 valence electrons. The third-order valence-corrected chi connectivity index (χ3v) is 4.05. The zero-order valence-corrected chi connectivity index (χ0v) is 15.0.